The van der Waals surface area contributed by atoms with Crippen molar-refractivity contribution < 1.29 is 18.0 Å². The molecule has 1 atom stereocenters. The normalized spacial score (nSPS) is 25.2. The van der Waals surface area contributed by atoms with Crippen molar-refractivity contribution in [1.82, 2.24) is 10.2 Å². The predicted molar refractivity (Wildman–Crippen MR) is 199 cm³/mol. The summed E-state index contributed by atoms with van der Waals surface area (Å²) >= 11 is 0. The zero-order chi connectivity index (χ0) is 34.9. The van der Waals surface area contributed by atoms with Gasteiger partial charge in [0.2, 0.25) is 21.8 Å². The number of carbonyl (C=O) groups is 2. The molecule has 0 spiro atoms. The van der Waals surface area contributed by atoms with Gasteiger partial charge in [-0.05, 0) is 110 Å². The van der Waals surface area contributed by atoms with Gasteiger partial charge >= 0.3 is 0 Å². The number of amides is 2. The van der Waals surface area contributed by atoms with Gasteiger partial charge in [0.15, 0.2) is 0 Å². The third-order valence-corrected chi connectivity index (χ3v) is 13.3. The molecular formula is C42H53N3O4S. The summed E-state index contributed by atoms with van der Waals surface area (Å²) in [6, 6.07) is 25.0. The largest absolute Gasteiger partial charge is 0.352 e. The summed E-state index contributed by atoms with van der Waals surface area (Å²) in [7, 11) is -3.83. The summed E-state index contributed by atoms with van der Waals surface area (Å²) in [5.74, 6) is 1.84. The number of carbonyl (C=O) groups excluding carboxylic acids is 2. The number of hydrogen-bond acceptors (Lipinski definition) is 4. The van der Waals surface area contributed by atoms with Crippen LogP contribution in [0, 0.1) is 24.7 Å². The monoisotopic (exact) mass is 695 g/mol. The first kappa shape index (κ1) is 34.8. The van der Waals surface area contributed by atoms with Crippen LogP contribution in [0.2, 0.25) is 0 Å². The van der Waals surface area contributed by atoms with E-state index in [2.05, 4.69) is 17.4 Å². The Morgan fingerprint density at radius 1 is 0.820 bits per heavy atom. The van der Waals surface area contributed by atoms with E-state index in [9.17, 15) is 18.0 Å². The molecule has 50 heavy (non-hydrogen) atoms. The highest BCUT2D eigenvalue weighted by Crippen LogP contribution is 2.60. The van der Waals surface area contributed by atoms with E-state index in [1.807, 2.05) is 73.7 Å². The molecule has 5 fully saturated rings. The van der Waals surface area contributed by atoms with E-state index >= 15 is 0 Å². The first-order valence-corrected chi connectivity index (χ1v) is 20.7. The van der Waals surface area contributed by atoms with Crippen LogP contribution in [0.3, 0.4) is 0 Å². The molecule has 8 rings (SSSR count). The summed E-state index contributed by atoms with van der Waals surface area (Å²) in [6.45, 7) is 1.81. The molecule has 0 unspecified atom stereocenters. The lowest BCUT2D eigenvalue weighted by Crippen LogP contribution is -2.55. The van der Waals surface area contributed by atoms with Gasteiger partial charge in [0.05, 0.1) is 11.9 Å². The fourth-order valence-electron chi connectivity index (χ4n) is 10.2. The first-order valence-electron chi connectivity index (χ1n) is 18.8. The molecule has 7 nitrogen and oxygen atoms in total. The molecule has 5 aliphatic carbocycles. The highest BCUT2D eigenvalue weighted by atomic mass is 32.2. The molecule has 1 N–H and O–H groups in total. The van der Waals surface area contributed by atoms with Crippen molar-refractivity contribution in [3.63, 3.8) is 0 Å². The van der Waals surface area contributed by atoms with E-state index in [0.29, 0.717) is 12.1 Å². The molecule has 2 amide bonds. The molecule has 8 heteroatoms. The molecule has 3 aromatic carbocycles. The number of benzene rings is 3. The smallest absolute Gasteiger partial charge is 0.244 e. The molecule has 5 aliphatic rings. The number of nitrogens with one attached hydrogen (secondary N) is 1. The molecule has 266 valence electrons. The molecule has 0 radical (unpaired) electrons. The third-order valence-electron chi connectivity index (χ3n) is 12.1. The molecule has 0 heterocycles. The second-order valence-corrected chi connectivity index (χ2v) is 18.0. The van der Waals surface area contributed by atoms with Crippen LogP contribution in [0.4, 0.5) is 5.69 Å². The maximum Gasteiger partial charge on any atom is 0.244 e. The van der Waals surface area contributed by atoms with Gasteiger partial charge in [-0.1, -0.05) is 91.6 Å². The van der Waals surface area contributed by atoms with E-state index in [1.165, 1.54) is 54.8 Å². The van der Waals surface area contributed by atoms with Crippen molar-refractivity contribution in [1.29, 1.82) is 0 Å². The minimum atomic E-state index is -3.83. The zero-order valence-electron chi connectivity index (χ0n) is 29.7. The fourth-order valence-corrected chi connectivity index (χ4v) is 11.0. The predicted octanol–water partition coefficient (Wildman–Crippen LogP) is 7.32. The quantitative estimate of drug-likeness (QED) is 0.215. The van der Waals surface area contributed by atoms with Crippen molar-refractivity contribution in [2.75, 3.05) is 17.1 Å². The van der Waals surface area contributed by atoms with Gasteiger partial charge in [0, 0.05) is 19.0 Å². The van der Waals surface area contributed by atoms with Crippen LogP contribution in [-0.2, 0) is 38.0 Å². The molecular weight excluding hydrogens is 643 g/mol. The Bertz CT molecular complexity index is 1730. The Balaban J connectivity index is 1.18. The van der Waals surface area contributed by atoms with Crippen LogP contribution in [0.25, 0.3) is 0 Å². The van der Waals surface area contributed by atoms with Crippen molar-refractivity contribution in [3.05, 3.63) is 101 Å². The molecule has 0 aromatic heterocycles. The Labute approximate surface area is 298 Å². The Hall–Kier alpha value is -3.65. The highest BCUT2D eigenvalue weighted by Gasteiger charge is 2.51. The summed E-state index contributed by atoms with van der Waals surface area (Å²) in [5, 5.41) is 3.28. The molecule has 0 aliphatic heterocycles. The number of rotatable bonds is 12. The number of nitrogens with zero attached hydrogens (tertiary/aromatic N) is 2. The van der Waals surface area contributed by atoms with Gasteiger partial charge < -0.3 is 10.2 Å². The maximum atomic E-state index is 14.6. The van der Waals surface area contributed by atoms with Crippen LogP contribution in [-0.4, -0.2) is 50.0 Å². The molecule has 5 saturated carbocycles. The van der Waals surface area contributed by atoms with E-state index in [0.717, 1.165) is 66.4 Å². The molecule has 0 saturated heterocycles. The van der Waals surface area contributed by atoms with Crippen LogP contribution in [0.1, 0.15) is 92.9 Å². The second-order valence-electron chi connectivity index (χ2n) is 16.1. The second kappa shape index (κ2) is 14.5. The van der Waals surface area contributed by atoms with E-state index in [4.69, 9.17) is 0 Å². The van der Waals surface area contributed by atoms with Gasteiger partial charge in [0.1, 0.15) is 12.6 Å². The van der Waals surface area contributed by atoms with Gasteiger partial charge in [0.25, 0.3) is 0 Å². The lowest BCUT2D eigenvalue weighted by atomic mass is 9.48. The number of sulfonamides is 1. The van der Waals surface area contributed by atoms with E-state index < -0.39 is 22.0 Å². The fraction of sp³-hybridized carbons (Fsp3) is 0.524. The Kier molecular flexibility index (Phi) is 10.1. The van der Waals surface area contributed by atoms with Crippen LogP contribution in [0.15, 0.2) is 78.9 Å². The number of aryl methyl sites for hydroxylation is 1. The minimum absolute atomic E-state index is 0.0745. The van der Waals surface area contributed by atoms with Crippen LogP contribution < -0.4 is 9.62 Å². The minimum Gasteiger partial charge on any atom is -0.352 e. The average molecular weight is 696 g/mol. The van der Waals surface area contributed by atoms with Gasteiger partial charge in [-0.15, -0.1) is 0 Å². The van der Waals surface area contributed by atoms with E-state index in [1.54, 1.807) is 4.90 Å². The molecule has 4 bridgehead atoms. The SMILES string of the molecule is Cc1cccc(CN(C(=O)CN(c2ccc(C34CC5CC(CC(C5)C3)C4)cc2)S(C)(=O)=O)[C@@H](Cc2ccccc2)C(=O)NC2CCCCC2)c1. The van der Waals surface area contributed by atoms with Crippen molar-refractivity contribution >= 4 is 27.5 Å². The van der Waals surface area contributed by atoms with Gasteiger partial charge in [-0.3, -0.25) is 13.9 Å². The van der Waals surface area contributed by atoms with Crippen molar-refractivity contribution in [3.8, 4) is 0 Å². The van der Waals surface area contributed by atoms with Crippen molar-refractivity contribution in [2.24, 2.45) is 17.8 Å². The Morgan fingerprint density at radius 3 is 2.04 bits per heavy atom. The van der Waals surface area contributed by atoms with Crippen LogP contribution in [0.5, 0.6) is 0 Å². The van der Waals surface area contributed by atoms with Crippen LogP contribution >= 0.6 is 0 Å². The third kappa shape index (κ3) is 7.80. The average Bonchev–Trinajstić information content (AvgIpc) is 3.08. The van der Waals surface area contributed by atoms with Gasteiger partial charge in [-0.25, -0.2) is 8.42 Å². The Morgan fingerprint density at radius 2 is 1.44 bits per heavy atom. The summed E-state index contributed by atoms with van der Waals surface area (Å²) in [4.78, 5) is 30.5. The highest BCUT2D eigenvalue weighted by molar-refractivity contribution is 7.92. The lowest BCUT2D eigenvalue weighted by Gasteiger charge is -2.57. The number of hydrogen-bond donors (Lipinski definition) is 1. The maximum absolute atomic E-state index is 14.6. The van der Waals surface area contributed by atoms with Gasteiger partial charge in [-0.2, -0.15) is 0 Å². The zero-order valence-corrected chi connectivity index (χ0v) is 30.5. The summed E-state index contributed by atoms with van der Waals surface area (Å²) in [5.41, 5.74) is 4.88. The summed E-state index contributed by atoms with van der Waals surface area (Å²) in [6.07, 6.45) is 14.4. The first-order chi connectivity index (χ1) is 24.0. The standard InChI is InChI=1S/C42H53N3O4S/c1-30-10-9-13-32(20-30)28-44(39(24-31-11-5-3-6-12-31)41(47)43-37-14-7-4-8-15-37)40(46)29-45(50(2,48)49)38-18-16-36(17-19-38)42-25-33-21-34(26-42)23-35(22-33)27-42/h3,5-6,9-13,16-20,33-35,37,39H,4,7-8,14-15,21-29H2,1-2H3,(H,43,47)/t33?,34?,35?,39-,42?/m0/s1. The summed E-state index contributed by atoms with van der Waals surface area (Å²) < 4.78 is 28.1. The molecule has 3 aromatic rings. The van der Waals surface area contributed by atoms with E-state index in [-0.39, 0.29) is 30.5 Å². The lowest BCUT2D eigenvalue weighted by molar-refractivity contribution is -0.140. The number of anilines is 1. The van der Waals surface area contributed by atoms with Crippen molar-refractivity contribution in [2.45, 2.75) is 108 Å². The topological polar surface area (TPSA) is 86.8 Å².